The molecule has 1 saturated heterocycles. The van der Waals surface area contributed by atoms with E-state index in [0.717, 1.165) is 26.1 Å². The summed E-state index contributed by atoms with van der Waals surface area (Å²) in [6, 6.07) is 0. The van der Waals surface area contributed by atoms with Crippen molar-refractivity contribution in [2.45, 2.75) is 63.2 Å². The largest absolute Gasteiger partial charge is 0.480 e. The fourth-order valence-corrected chi connectivity index (χ4v) is 2.91. The van der Waals surface area contributed by atoms with Crippen LogP contribution in [0.3, 0.4) is 0 Å². The fraction of sp³-hybridized carbons (Fsp3) is 0.929. The lowest BCUT2D eigenvalue weighted by Gasteiger charge is -2.29. The molecule has 0 bridgehead atoms. The Morgan fingerprint density at radius 3 is 2.29 bits per heavy atom. The van der Waals surface area contributed by atoms with Gasteiger partial charge in [0.2, 0.25) is 0 Å². The molecule has 0 spiro atoms. The first-order chi connectivity index (χ1) is 9.94. The standard InChI is InChI=1S/C14H29BN2O4/c16-14(13(18)19,7-2-3-9-15(20)21)8-6-12-17-10-4-1-5-11-17/h20-21H,1-12,16H2,(H,18,19). The van der Waals surface area contributed by atoms with E-state index in [1.165, 1.54) is 19.3 Å². The minimum atomic E-state index is -1.32. The first-order valence-electron chi connectivity index (χ1n) is 8.05. The molecular weight excluding hydrogens is 271 g/mol. The molecule has 0 amide bonds. The minimum absolute atomic E-state index is 0.267. The van der Waals surface area contributed by atoms with Crippen LogP contribution >= 0.6 is 0 Å². The number of hydrogen-bond donors (Lipinski definition) is 4. The van der Waals surface area contributed by atoms with Crippen LogP contribution in [0, 0.1) is 0 Å². The number of unbranched alkanes of at least 4 members (excludes halogenated alkanes) is 1. The van der Waals surface area contributed by atoms with E-state index < -0.39 is 18.6 Å². The molecule has 1 fully saturated rings. The number of rotatable bonds is 10. The van der Waals surface area contributed by atoms with Crippen molar-refractivity contribution in [2.24, 2.45) is 5.73 Å². The smallest absolute Gasteiger partial charge is 0.451 e. The highest BCUT2D eigenvalue weighted by atomic mass is 16.4. The molecule has 0 aromatic heterocycles. The van der Waals surface area contributed by atoms with E-state index in [2.05, 4.69) is 4.90 Å². The van der Waals surface area contributed by atoms with Crippen molar-refractivity contribution < 1.29 is 19.9 Å². The summed E-state index contributed by atoms with van der Waals surface area (Å²) in [4.78, 5) is 13.8. The van der Waals surface area contributed by atoms with Crippen LogP contribution in [0.2, 0.25) is 6.32 Å². The Hall–Kier alpha value is -0.625. The van der Waals surface area contributed by atoms with Gasteiger partial charge >= 0.3 is 13.1 Å². The number of aliphatic carboxylic acids is 1. The molecule has 5 N–H and O–H groups in total. The van der Waals surface area contributed by atoms with Gasteiger partial charge < -0.3 is 25.8 Å². The number of carboxylic acids is 1. The lowest BCUT2D eigenvalue weighted by atomic mass is 9.81. The van der Waals surface area contributed by atoms with Crippen molar-refractivity contribution in [1.82, 2.24) is 4.90 Å². The lowest BCUT2D eigenvalue weighted by molar-refractivity contribution is -0.144. The SMILES string of the molecule is NC(CCCCB(O)O)(CCCN1CCCCC1)C(=O)O. The van der Waals surface area contributed by atoms with Crippen molar-refractivity contribution >= 4 is 13.1 Å². The second kappa shape index (κ2) is 9.40. The summed E-state index contributed by atoms with van der Waals surface area (Å²) in [5.41, 5.74) is 4.85. The molecule has 0 aromatic rings. The van der Waals surface area contributed by atoms with Gasteiger partial charge in [-0.25, -0.2) is 0 Å². The fourth-order valence-electron chi connectivity index (χ4n) is 2.91. The summed E-state index contributed by atoms with van der Waals surface area (Å²) in [5.74, 6) is -0.953. The Balaban J connectivity index is 2.28. The van der Waals surface area contributed by atoms with Gasteiger partial charge in [-0.2, -0.15) is 0 Å². The van der Waals surface area contributed by atoms with Crippen LogP contribution in [0.5, 0.6) is 0 Å². The highest BCUT2D eigenvalue weighted by Crippen LogP contribution is 2.20. The van der Waals surface area contributed by atoms with E-state index in [1.54, 1.807) is 0 Å². The topological polar surface area (TPSA) is 107 Å². The number of nitrogens with two attached hydrogens (primary N) is 1. The third-order valence-corrected chi connectivity index (χ3v) is 4.31. The molecule has 21 heavy (non-hydrogen) atoms. The second-order valence-corrected chi connectivity index (χ2v) is 6.19. The van der Waals surface area contributed by atoms with Crippen LogP contribution in [0.1, 0.15) is 51.4 Å². The van der Waals surface area contributed by atoms with Gasteiger partial charge in [-0.1, -0.05) is 19.3 Å². The maximum absolute atomic E-state index is 11.4. The molecule has 0 radical (unpaired) electrons. The molecule has 1 aliphatic rings. The molecule has 1 unspecified atom stereocenters. The molecule has 1 aliphatic heterocycles. The van der Waals surface area contributed by atoms with Gasteiger partial charge in [-0.3, -0.25) is 4.79 Å². The van der Waals surface area contributed by atoms with Crippen LogP contribution in [0.25, 0.3) is 0 Å². The highest BCUT2D eigenvalue weighted by Gasteiger charge is 2.33. The first-order valence-corrected chi connectivity index (χ1v) is 8.05. The summed E-state index contributed by atoms with van der Waals surface area (Å²) in [5, 5.41) is 26.9. The molecule has 6 nitrogen and oxygen atoms in total. The van der Waals surface area contributed by atoms with Gasteiger partial charge in [0, 0.05) is 0 Å². The monoisotopic (exact) mass is 300 g/mol. The minimum Gasteiger partial charge on any atom is -0.480 e. The summed E-state index contributed by atoms with van der Waals surface area (Å²) in [6.07, 6.45) is 6.86. The quantitative estimate of drug-likeness (QED) is 0.349. The molecule has 7 heteroatoms. The van der Waals surface area contributed by atoms with Crippen molar-refractivity contribution in [3.63, 3.8) is 0 Å². The van der Waals surface area contributed by atoms with E-state index in [-0.39, 0.29) is 6.32 Å². The summed E-state index contributed by atoms with van der Waals surface area (Å²) >= 11 is 0. The molecule has 0 aliphatic carbocycles. The van der Waals surface area contributed by atoms with Gasteiger partial charge in [0.1, 0.15) is 5.54 Å². The van der Waals surface area contributed by atoms with Crippen LogP contribution in [0.15, 0.2) is 0 Å². The number of hydrogen-bond acceptors (Lipinski definition) is 5. The van der Waals surface area contributed by atoms with Crippen molar-refractivity contribution in [3.8, 4) is 0 Å². The zero-order chi connectivity index (χ0) is 15.7. The van der Waals surface area contributed by atoms with Gasteiger partial charge in [-0.05, 0) is 58.1 Å². The van der Waals surface area contributed by atoms with E-state index in [1.807, 2.05) is 0 Å². The first kappa shape index (κ1) is 18.4. The molecule has 0 saturated carbocycles. The summed E-state index contributed by atoms with van der Waals surface area (Å²) in [6.45, 7) is 3.14. The Kier molecular flexibility index (Phi) is 8.25. The third kappa shape index (κ3) is 7.26. The van der Waals surface area contributed by atoms with Crippen molar-refractivity contribution in [3.05, 3.63) is 0 Å². The maximum atomic E-state index is 11.4. The van der Waals surface area contributed by atoms with Crippen LogP contribution < -0.4 is 5.73 Å². The zero-order valence-corrected chi connectivity index (χ0v) is 12.8. The molecule has 122 valence electrons. The van der Waals surface area contributed by atoms with Gasteiger partial charge in [0.15, 0.2) is 0 Å². The molecule has 1 heterocycles. The third-order valence-electron chi connectivity index (χ3n) is 4.31. The number of piperidine rings is 1. The highest BCUT2D eigenvalue weighted by molar-refractivity contribution is 6.40. The van der Waals surface area contributed by atoms with Gasteiger partial charge in [0.25, 0.3) is 0 Å². The van der Waals surface area contributed by atoms with Crippen molar-refractivity contribution in [1.29, 1.82) is 0 Å². The number of carbonyl (C=O) groups is 1. The average Bonchev–Trinajstić information content (AvgIpc) is 2.44. The Morgan fingerprint density at radius 2 is 1.71 bits per heavy atom. The predicted molar refractivity (Wildman–Crippen MR) is 82.9 cm³/mol. The zero-order valence-electron chi connectivity index (χ0n) is 12.8. The Labute approximate surface area is 127 Å². The Bertz CT molecular complexity index is 311. The normalized spacial score (nSPS) is 19.2. The average molecular weight is 300 g/mol. The summed E-state index contributed by atoms with van der Waals surface area (Å²) < 4.78 is 0. The van der Waals surface area contributed by atoms with Gasteiger partial charge in [0.05, 0.1) is 0 Å². The Morgan fingerprint density at radius 1 is 1.10 bits per heavy atom. The number of likely N-dealkylation sites (tertiary alicyclic amines) is 1. The number of nitrogens with zero attached hydrogens (tertiary/aromatic N) is 1. The number of carboxylic acid groups (broad SMARTS) is 1. The maximum Gasteiger partial charge on any atom is 0.451 e. The molecule has 0 aromatic carbocycles. The lowest BCUT2D eigenvalue weighted by Crippen LogP contribution is -2.48. The molecule has 1 rings (SSSR count). The van der Waals surface area contributed by atoms with Gasteiger partial charge in [-0.15, -0.1) is 0 Å². The van der Waals surface area contributed by atoms with Crippen LogP contribution in [0.4, 0.5) is 0 Å². The predicted octanol–water partition coefficient (Wildman–Crippen LogP) is 0.678. The van der Waals surface area contributed by atoms with E-state index >= 15 is 0 Å². The molecule has 1 atom stereocenters. The van der Waals surface area contributed by atoms with E-state index in [4.69, 9.17) is 15.8 Å². The second-order valence-electron chi connectivity index (χ2n) is 6.19. The van der Waals surface area contributed by atoms with Crippen molar-refractivity contribution in [2.75, 3.05) is 19.6 Å². The van der Waals surface area contributed by atoms with E-state index in [9.17, 15) is 9.90 Å². The van der Waals surface area contributed by atoms with E-state index in [0.29, 0.717) is 25.7 Å². The summed E-state index contributed by atoms with van der Waals surface area (Å²) in [7, 11) is -1.32. The van der Waals surface area contributed by atoms with Crippen LogP contribution in [-0.4, -0.2) is 58.3 Å². The van der Waals surface area contributed by atoms with Crippen LogP contribution in [-0.2, 0) is 4.79 Å². The molecular formula is C14H29BN2O4.